The van der Waals surface area contributed by atoms with Gasteiger partial charge in [0, 0.05) is 5.69 Å². The van der Waals surface area contributed by atoms with E-state index < -0.39 is 0 Å². The molecule has 2 aromatic heterocycles. The number of carbonyl (C=O) groups is 1. The number of aromatic nitrogens is 3. The Bertz CT molecular complexity index is 1170. The fourth-order valence-corrected chi connectivity index (χ4v) is 3.87. The van der Waals surface area contributed by atoms with Gasteiger partial charge >= 0.3 is 0 Å². The summed E-state index contributed by atoms with van der Waals surface area (Å²) in [7, 11) is 0. The van der Waals surface area contributed by atoms with Crippen LogP contribution in [0, 0.1) is 13.8 Å². The van der Waals surface area contributed by atoms with Crippen molar-refractivity contribution < 1.29 is 4.79 Å². The molecule has 0 bridgehead atoms. The predicted molar refractivity (Wildman–Crippen MR) is 119 cm³/mol. The summed E-state index contributed by atoms with van der Waals surface area (Å²) in [4.78, 5) is 18.0. The van der Waals surface area contributed by atoms with Crippen LogP contribution in [0.1, 0.15) is 52.3 Å². The van der Waals surface area contributed by atoms with Crippen molar-refractivity contribution in [3.63, 3.8) is 0 Å². The van der Waals surface area contributed by atoms with E-state index in [-0.39, 0.29) is 11.9 Å². The topological polar surface area (TPSA) is 59.8 Å². The summed E-state index contributed by atoms with van der Waals surface area (Å²) in [6.07, 6.45) is 0.815. The lowest BCUT2D eigenvalue weighted by atomic mass is 10.0. The molecule has 2 heterocycles. The van der Waals surface area contributed by atoms with E-state index in [1.54, 1.807) is 0 Å². The van der Waals surface area contributed by atoms with Crippen LogP contribution in [-0.4, -0.2) is 20.7 Å². The van der Waals surface area contributed by atoms with Crippen molar-refractivity contribution in [2.45, 2.75) is 39.8 Å². The Labute approximate surface area is 176 Å². The second kappa shape index (κ2) is 8.49. The zero-order chi connectivity index (χ0) is 21.1. The molecular weight excluding hydrogens is 372 g/mol. The number of fused-ring (bicyclic) bond motifs is 1. The highest BCUT2D eigenvalue weighted by atomic mass is 16.1. The van der Waals surface area contributed by atoms with Crippen molar-refractivity contribution >= 4 is 16.9 Å². The summed E-state index contributed by atoms with van der Waals surface area (Å²) in [6, 6.07) is 22.0. The largest absolute Gasteiger partial charge is 0.345 e. The minimum Gasteiger partial charge on any atom is -0.345 e. The van der Waals surface area contributed by atoms with Crippen LogP contribution in [0.4, 0.5) is 0 Å². The van der Waals surface area contributed by atoms with Gasteiger partial charge in [0.05, 0.1) is 29.2 Å². The molecule has 30 heavy (non-hydrogen) atoms. The first-order valence-corrected chi connectivity index (χ1v) is 10.3. The third-order valence-corrected chi connectivity index (χ3v) is 5.34. The molecule has 0 radical (unpaired) electrons. The smallest absolute Gasteiger partial charge is 0.252 e. The molecule has 2 aromatic carbocycles. The minimum atomic E-state index is -0.0939. The molecule has 0 aliphatic rings. The molecule has 5 nitrogen and oxygen atoms in total. The summed E-state index contributed by atoms with van der Waals surface area (Å²) < 4.78 is 1.89. The summed E-state index contributed by atoms with van der Waals surface area (Å²) in [6.45, 7) is 6.55. The minimum absolute atomic E-state index is 0.0399. The molecule has 0 spiro atoms. The molecule has 4 aromatic rings. The van der Waals surface area contributed by atoms with Crippen molar-refractivity contribution in [1.82, 2.24) is 20.1 Å². The van der Waals surface area contributed by atoms with Gasteiger partial charge in [-0.3, -0.25) is 4.79 Å². The number of aryl methyl sites for hydroxylation is 2. The predicted octanol–water partition coefficient (Wildman–Crippen LogP) is 4.98. The van der Waals surface area contributed by atoms with Crippen molar-refractivity contribution in [2.75, 3.05) is 0 Å². The van der Waals surface area contributed by atoms with Gasteiger partial charge < -0.3 is 5.32 Å². The number of pyridine rings is 1. The highest BCUT2D eigenvalue weighted by Crippen LogP contribution is 2.24. The van der Waals surface area contributed by atoms with Gasteiger partial charge in [0.1, 0.15) is 0 Å². The number of carbonyl (C=O) groups excluding carboxylic acids is 1. The zero-order valence-corrected chi connectivity index (χ0v) is 17.6. The number of hydrogen-bond acceptors (Lipinski definition) is 3. The summed E-state index contributed by atoms with van der Waals surface area (Å²) in [5.41, 5.74) is 5.23. The van der Waals surface area contributed by atoms with E-state index in [0.717, 1.165) is 40.0 Å². The second-order valence-electron chi connectivity index (χ2n) is 7.58. The van der Waals surface area contributed by atoms with E-state index >= 15 is 0 Å². The molecule has 0 saturated carbocycles. The maximum absolute atomic E-state index is 13.3. The second-order valence-corrected chi connectivity index (χ2v) is 7.58. The highest BCUT2D eigenvalue weighted by molar-refractivity contribution is 6.06. The fourth-order valence-electron chi connectivity index (χ4n) is 3.87. The van der Waals surface area contributed by atoms with Gasteiger partial charge in [-0.2, -0.15) is 5.10 Å². The Morgan fingerprint density at radius 2 is 1.70 bits per heavy atom. The lowest BCUT2D eigenvalue weighted by Crippen LogP contribution is -2.28. The number of benzene rings is 2. The first-order chi connectivity index (χ1) is 14.6. The van der Waals surface area contributed by atoms with Crippen LogP contribution in [0.5, 0.6) is 0 Å². The maximum atomic E-state index is 13.3. The first-order valence-electron chi connectivity index (χ1n) is 10.3. The number of nitrogens with zero attached hydrogens (tertiary/aromatic N) is 3. The van der Waals surface area contributed by atoms with E-state index in [2.05, 4.69) is 24.4 Å². The molecule has 5 heteroatoms. The van der Waals surface area contributed by atoms with Crippen molar-refractivity contribution in [2.24, 2.45) is 0 Å². The van der Waals surface area contributed by atoms with Gasteiger partial charge in [0.2, 0.25) is 0 Å². The molecule has 1 unspecified atom stereocenters. The lowest BCUT2D eigenvalue weighted by molar-refractivity contribution is 0.0937. The molecule has 1 amide bonds. The number of hydrogen-bond donors (Lipinski definition) is 1. The maximum Gasteiger partial charge on any atom is 0.252 e. The number of nitrogens with one attached hydrogen (secondary N) is 1. The molecular formula is C25H26N4O. The summed E-state index contributed by atoms with van der Waals surface area (Å²) in [5.74, 6) is -0.0939. The van der Waals surface area contributed by atoms with Gasteiger partial charge in [-0.15, -0.1) is 0 Å². The van der Waals surface area contributed by atoms with Crippen LogP contribution in [0.25, 0.3) is 11.0 Å². The van der Waals surface area contributed by atoms with Crippen LogP contribution in [0.15, 0.2) is 66.7 Å². The first kappa shape index (κ1) is 19.8. The molecule has 4 rings (SSSR count). The zero-order valence-electron chi connectivity index (χ0n) is 17.6. The Morgan fingerprint density at radius 1 is 1.03 bits per heavy atom. The Hall–Kier alpha value is -3.47. The third kappa shape index (κ3) is 3.96. The van der Waals surface area contributed by atoms with E-state index in [1.807, 2.05) is 73.1 Å². The monoisotopic (exact) mass is 398 g/mol. The number of amides is 1. The van der Waals surface area contributed by atoms with Crippen molar-refractivity contribution in [3.8, 4) is 0 Å². The van der Waals surface area contributed by atoms with E-state index in [9.17, 15) is 4.79 Å². The molecule has 1 N–H and O–H groups in total. The molecule has 0 aliphatic carbocycles. The average Bonchev–Trinajstić information content (AvgIpc) is 3.07. The van der Waals surface area contributed by atoms with E-state index in [0.29, 0.717) is 12.1 Å². The molecule has 1 atom stereocenters. The Kier molecular flexibility index (Phi) is 5.61. The third-order valence-electron chi connectivity index (χ3n) is 5.34. The van der Waals surface area contributed by atoms with Crippen LogP contribution < -0.4 is 5.32 Å². The van der Waals surface area contributed by atoms with Crippen LogP contribution in [0.3, 0.4) is 0 Å². The number of rotatable bonds is 6. The standard InChI is InChI=1S/C25H26N4O/c1-4-22(20-13-9-6-10-14-20)27-25(30)21-15-17(2)26-24-23(21)18(3)28-29(24)16-19-11-7-5-8-12-19/h5-15,22H,4,16H2,1-3H3,(H,27,30). The quantitative estimate of drug-likeness (QED) is 0.498. The molecule has 0 fully saturated rings. The van der Waals surface area contributed by atoms with Gasteiger partial charge in [-0.05, 0) is 37.5 Å². The van der Waals surface area contributed by atoms with Gasteiger partial charge in [0.25, 0.3) is 5.91 Å². The van der Waals surface area contributed by atoms with Gasteiger partial charge in [-0.1, -0.05) is 67.6 Å². The van der Waals surface area contributed by atoms with Crippen LogP contribution in [-0.2, 0) is 6.54 Å². The lowest BCUT2D eigenvalue weighted by Gasteiger charge is -2.18. The Balaban J connectivity index is 1.71. The SMILES string of the molecule is CCC(NC(=O)c1cc(C)nc2c1c(C)nn2Cc1ccccc1)c1ccccc1. The van der Waals surface area contributed by atoms with Gasteiger partial charge in [0.15, 0.2) is 5.65 Å². The normalized spacial score (nSPS) is 12.1. The summed E-state index contributed by atoms with van der Waals surface area (Å²) >= 11 is 0. The Morgan fingerprint density at radius 3 is 2.37 bits per heavy atom. The molecule has 0 aliphatic heterocycles. The summed E-state index contributed by atoms with van der Waals surface area (Å²) in [5, 5.41) is 8.72. The highest BCUT2D eigenvalue weighted by Gasteiger charge is 2.21. The van der Waals surface area contributed by atoms with Crippen LogP contribution in [0.2, 0.25) is 0 Å². The van der Waals surface area contributed by atoms with E-state index in [4.69, 9.17) is 10.1 Å². The molecule has 0 saturated heterocycles. The van der Waals surface area contributed by atoms with Gasteiger partial charge in [-0.25, -0.2) is 9.67 Å². The van der Waals surface area contributed by atoms with Crippen LogP contribution >= 0.6 is 0 Å². The fraction of sp³-hybridized carbons (Fsp3) is 0.240. The molecule has 152 valence electrons. The van der Waals surface area contributed by atoms with Crippen molar-refractivity contribution in [1.29, 1.82) is 0 Å². The average molecular weight is 399 g/mol. The van der Waals surface area contributed by atoms with E-state index in [1.165, 1.54) is 0 Å². The van der Waals surface area contributed by atoms with Crippen molar-refractivity contribution in [3.05, 3.63) is 94.8 Å².